The summed E-state index contributed by atoms with van der Waals surface area (Å²) in [6.45, 7) is 4.20. The second kappa shape index (κ2) is 9.13. The van der Waals surface area contributed by atoms with Crippen LogP contribution in [-0.4, -0.2) is 23.7 Å². The summed E-state index contributed by atoms with van der Waals surface area (Å²) in [5.74, 6) is -0.725. The molecule has 4 nitrogen and oxygen atoms in total. The molecule has 0 unspecified atom stereocenters. The van der Waals surface area contributed by atoms with Crippen molar-refractivity contribution >= 4 is 23.6 Å². The fraction of sp³-hybridized carbons (Fsp3) is 0.263. The molecule has 24 heavy (non-hydrogen) atoms. The van der Waals surface area contributed by atoms with Gasteiger partial charge in [-0.1, -0.05) is 56.3 Å². The molecular weight excluding hydrogens is 322 g/mol. The molecule has 0 aliphatic heterocycles. The van der Waals surface area contributed by atoms with E-state index in [9.17, 15) is 9.59 Å². The number of hydrogen-bond acceptors (Lipinski definition) is 4. The number of benzene rings is 2. The van der Waals surface area contributed by atoms with E-state index in [2.05, 4.69) is 19.2 Å². The maximum Gasteiger partial charge on any atom is 0.325 e. The molecule has 0 bridgehead atoms. The van der Waals surface area contributed by atoms with Gasteiger partial charge in [-0.2, -0.15) is 0 Å². The molecule has 0 spiro atoms. The highest BCUT2D eigenvalue weighted by Crippen LogP contribution is 2.26. The SMILES string of the molecule is CC(C)Sc1ccccc1C(=O)NCC(=O)OCc1ccccc1. The van der Waals surface area contributed by atoms with Crippen LogP contribution in [0.25, 0.3) is 0 Å². The number of rotatable bonds is 7. The first-order valence-corrected chi connectivity index (χ1v) is 8.67. The summed E-state index contributed by atoms with van der Waals surface area (Å²) in [6.07, 6.45) is 0. The lowest BCUT2D eigenvalue weighted by atomic mass is 10.2. The van der Waals surface area contributed by atoms with Gasteiger partial charge in [-0.25, -0.2) is 0 Å². The summed E-state index contributed by atoms with van der Waals surface area (Å²) in [5.41, 5.74) is 1.49. The molecule has 0 heterocycles. The predicted molar refractivity (Wildman–Crippen MR) is 96.0 cm³/mol. The van der Waals surface area contributed by atoms with E-state index in [4.69, 9.17) is 4.74 Å². The molecule has 0 aromatic heterocycles. The van der Waals surface area contributed by atoms with E-state index in [0.29, 0.717) is 10.8 Å². The summed E-state index contributed by atoms with van der Waals surface area (Å²) in [4.78, 5) is 25.0. The van der Waals surface area contributed by atoms with Crippen molar-refractivity contribution in [1.82, 2.24) is 5.32 Å². The lowest BCUT2D eigenvalue weighted by Gasteiger charge is -2.11. The molecular formula is C19H21NO3S. The number of nitrogens with one attached hydrogen (secondary N) is 1. The van der Waals surface area contributed by atoms with Crippen molar-refractivity contribution < 1.29 is 14.3 Å². The molecule has 0 saturated carbocycles. The van der Waals surface area contributed by atoms with Gasteiger partial charge in [0.2, 0.25) is 0 Å². The van der Waals surface area contributed by atoms with Gasteiger partial charge in [0.25, 0.3) is 5.91 Å². The van der Waals surface area contributed by atoms with Crippen LogP contribution in [0.2, 0.25) is 0 Å². The molecule has 2 rings (SSSR count). The van der Waals surface area contributed by atoms with E-state index in [1.165, 1.54) is 0 Å². The minimum absolute atomic E-state index is 0.146. The van der Waals surface area contributed by atoms with Gasteiger partial charge in [0.15, 0.2) is 0 Å². The van der Waals surface area contributed by atoms with Gasteiger partial charge in [0, 0.05) is 10.1 Å². The normalized spacial score (nSPS) is 10.5. The molecule has 126 valence electrons. The molecule has 0 aliphatic carbocycles. The van der Waals surface area contributed by atoms with Crippen LogP contribution >= 0.6 is 11.8 Å². The van der Waals surface area contributed by atoms with Crippen LogP contribution in [0.15, 0.2) is 59.5 Å². The maximum atomic E-state index is 12.3. The average Bonchev–Trinajstić information content (AvgIpc) is 2.58. The maximum absolute atomic E-state index is 12.3. The standard InChI is InChI=1S/C19H21NO3S/c1-14(2)24-17-11-7-6-10-16(17)19(22)20-12-18(21)23-13-15-8-4-3-5-9-15/h3-11,14H,12-13H2,1-2H3,(H,20,22). The smallest absolute Gasteiger partial charge is 0.325 e. The van der Waals surface area contributed by atoms with Crippen molar-refractivity contribution in [1.29, 1.82) is 0 Å². The van der Waals surface area contributed by atoms with Crippen molar-refractivity contribution in [3.05, 3.63) is 65.7 Å². The van der Waals surface area contributed by atoms with Crippen molar-refractivity contribution in [3.8, 4) is 0 Å². The third-order valence-electron chi connectivity index (χ3n) is 3.13. The number of amides is 1. The fourth-order valence-corrected chi connectivity index (χ4v) is 3.00. The number of ether oxygens (including phenoxy) is 1. The first-order valence-electron chi connectivity index (χ1n) is 7.79. The van der Waals surface area contributed by atoms with E-state index in [0.717, 1.165) is 10.5 Å². The van der Waals surface area contributed by atoms with Gasteiger partial charge in [-0.3, -0.25) is 9.59 Å². The summed E-state index contributed by atoms with van der Waals surface area (Å²) in [7, 11) is 0. The fourth-order valence-electron chi connectivity index (χ4n) is 2.05. The highest BCUT2D eigenvalue weighted by Gasteiger charge is 2.14. The Bertz CT molecular complexity index is 686. The molecule has 0 aliphatic rings. The van der Waals surface area contributed by atoms with Crippen LogP contribution in [0.1, 0.15) is 29.8 Å². The van der Waals surface area contributed by atoms with Crippen LogP contribution in [0, 0.1) is 0 Å². The van der Waals surface area contributed by atoms with Gasteiger partial charge in [-0.15, -0.1) is 11.8 Å². The zero-order valence-electron chi connectivity index (χ0n) is 13.8. The summed E-state index contributed by atoms with van der Waals surface area (Å²) < 4.78 is 5.15. The quantitative estimate of drug-likeness (QED) is 0.616. The minimum atomic E-state index is -0.457. The Morgan fingerprint density at radius 1 is 1.04 bits per heavy atom. The van der Waals surface area contributed by atoms with Gasteiger partial charge >= 0.3 is 5.97 Å². The molecule has 0 radical (unpaired) electrons. The Hall–Kier alpha value is -2.27. The van der Waals surface area contributed by atoms with Gasteiger partial charge < -0.3 is 10.1 Å². The molecule has 1 amide bonds. The van der Waals surface area contributed by atoms with Crippen LogP contribution in [0.4, 0.5) is 0 Å². The zero-order chi connectivity index (χ0) is 17.4. The molecule has 1 N–H and O–H groups in total. The van der Waals surface area contributed by atoms with Crippen LogP contribution < -0.4 is 5.32 Å². The molecule has 0 atom stereocenters. The predicted octanol–water partition coefficient (Wildman–Crippen LogP) is 3.66. The third kappa shape index (κ3) is 5.74. The Morgan fingerprint density at radius 3 is 2.42 bits per heavy atom. The topological polar surface area (TPSA) is 55.4 Å². The molecule has 2 aromatic rings. The largest absolute Gasteiger partial charge is 0.460 e. The zero-order valence-corrected chi connectivity index (χ0v) is 14.6. The summed E-state index contributed by atoms with van der Waals surface area (Å²) in [6, 6.07) is 16.8. The molecule has 0 saturated heterocycles. The number of carbonyl (C=O) groups excluding carboxylic acids is 2. The second-order valence-corrected chi connectivity index (χ2v) is 7.11. The monoisotopic (exact) mass is 343 g/mol. The average molecular weight is 343 g/mol. The Balaban J connectivity index is 1.85. The number of carbonyl (C=O) groups is 2. The lowest BCUT2D eigenvalue weighted by molar-refractivity contribution is -0.143. The molecule has 2 aromatic carbocycles. The third-order valence-corrected chi connectivity index (χ3v) is 4.21. The van der Waals surface area contributed by atoms with E-state index < -0.39 is 5.97 Å². The minimum Gasteiger partial charge on any atom is -0.460 e. The number of hydrogen-bond donors (Lipinski definition) is 1. The van der Waals surface area contributed by atoms with Crippen molar-refractivity contribution in [2.24, 2.45) is 0 Å². The van der Waals surface area contributed by atoms with E-state index in [-0.39, 0.29) is 19.1 Å². The van der Waals surface area contributed by atoms with Crippen molar-refractivity contribution in [3.63, 3.8) is 0 Å². The molecule has 0 fully saturated rings. The Morgan fingerprint density at radius 2 is 1.71 bits per heavy atom. The lowest BCUT2D eigenvalue weighted by Crippen LogP contribution is -2.30. The number of thioether (sulfide) groups is 1. The first kappa shape index (κ1) is 18.1. The number of esters is 1. The van der Waals surface area contributed by atoms with Crippen LogP contribution in [0.5, 0.6) is 0 Å². The van der Waals surface area contributed by atoms with Crippen molar-refractivity contribution in [2.45, 2.75) is 30.6 Å². The van der Waals surface area contributed by atoms with Crippen molar-refractivity contribution in [2.75, 3.05) is 6.54 Å². The second-order valence-electron chi connectivity index (χ2n) is 5.49. The summed E-state index contributed by atoms with van der Waals surface area (Å²) >= 11 is 1.62. The summed E-state index contributed by atoms with van der Waals surface area (Å²) in [5, 5.41) is 2.99. The van der Waals surface area contributed by atoms with Gasteiger partial charge in [0.1, 0.15) is 13.2 Å². The van der Waals surface area contributed by atoms with Gasteiger partial charge in [-0.05, 0) is 17.7 Å². The Labute approximate surface area is 146 Å². The Kier molecular flexibility index (Phi) is 6.88. The van der Waals surface area contributed by atoms with E-state index >= 15 is 0 Å². The molecule has 5 heteroatoms. The highest BCUT2D eigenvalue weighted by atomic mass is 32.2. The van der Waals surface area contributed by atoms with Gasteiger partial charge in [0.05, 0.1) is 5.56 Å². The van der Waals surface area contributed by atoms with Crippen LogP contribution in [0.3, 0.4) is 0 Å². The van der Waals surface area contributed by atoms with E-state index in [1.54, 1.807) is 17.8 Å². The van der Waals surface area contributed by atoms with Crippen LogP contribution in [-0.2, 0) is 16.1 Å². The highest BCUT2D eigenvalue weighted by molar-refractivity contribution is 8.00. The first-order chi connectivity index (χ1) is 11.6. The van der Waals surface area contributed by atoms with E-state index in [1.807, 2.05) is 48.5 Å².